The molecule has 1 unspecified atom stereocenters. The first-order chi connectivity index (χ1) is 12.0. The standard InChI is InChI=1S/C23H34O2/c1-19(2)10-8-11-20(3)12-9-13-21(4)16-17-25-23(24)18-22-14-6-5-7-15-22/h5-7,10,12,14-15,21H,8-9,11,13,16-18H2,1-4H3. The third-order valence-corrected chi connectivity index (χ3v) is 4.31. The summed E-state index contributed by atoms with van der Waals surface area (Å²) in [6.07, 6.45) is 10.5. The molecule has 0 aromatic heterocycles. The van der Waals surface area contributed by atoms with Gasteiger partial charge in [0, 0.05) is 0 Å². The van der Waals surface area contributed by atoms with Gasteiger partial charge in [0.05, 0.1) is 13.0 Å². The molecule has 0 saturated carbocycles. The maximum Gasteiger partial charge on any atom is 0.310 e. The van der Waals surface area contributed by atoms with E-state index in [1.807, 2.05) is 30.3 Å². The van der Waals surface area contributed by atoms with Crippen molar-refractivity contribution in [3.8, 4) is 0 Å². The molecular formula is C23H34O2. The molecule has 1 aromatic rings. The fourth-order valence-electron chi connectivity index (χ4n) is 2.64. The van der Waals surface area contributed by atoms with Crippen LogP contribution in [-0.4, -0.2) is 12.6 Å². The predicted molar refractivity (Wildman–Crippen MR) is 107 cm³/mol. The lowest BCUT2D eigenvalue weighted by Gasteiger charge is -2.11. The number of ether oxygens (including phenoxy) is 1. The third kappa shape index (κ3) is 11.4. The van der Waals surface area contributed by atoms with Crippen LogP contribution in [0.2, 0.25) is 0 Å². The fraction of sp³-hybridized carbons (Fsp3) is 0.522. The smallest absolute Gasteiger partial charge is 0.310 e. The Morgan fingerprint density at radius 3 is 2.44 bits per heavy atom. The molecule has 2 heteroatoms. The predicted octanol–water partition coefficient (Wildman–Crippen LogP) is 6.27. The average Bonchev–Trinajstić information content (AvgIpc) is 2.55. The van der Waals surface area contributed by atoms with Gasteiger partial charge in [-0.25, -0.2) is 0 Å². The molecule has 0 N–H and O–H groups in total. The number of rotatable bonds is 11. The van der Waals surface area contributed by atoms with Crippen LogP contribution in [0.15, 0.2) is 53.6 Å². The SMILES string of the molecule is CC(C)=CCCC(C)=CCCC(C)CCOC(=O)Cc1ccccc1. The molecule has 0 heterocycles. The lowest BCUT2D eigenvalue weighted by Crippen LogP contribution is -2.11. The van der Waals surface area contributed by atoms with Crippen molar-refractivity contribution in [1.82, 2.24) is 0 Å². The first-order valence-corrected chi connectivity index (χ1v) is 9.46. The molecule has 0 saturated heterocycles. The number of hydrogen-bond acceptors (Lipinski definition) is 2. The van der Waals surface area contributed by atoms with Gasteiger partial charge in [0.25, 0.3) is 0 Å². The van der Waals surface area contributed by atoms with Gasteiger partial charge < -0.3 is 4.74 Å². The van der Waals surface area contributed by atoms with Gasteiger partial charge >= 0.3 is 5.97 Å². The summed E-state index contributed by atoms with van der Waals surface area (Å²) in [7, 11) is 0. The van der Waals surface area contributed by atoms with Gasteiger partial charge in [0.1, 0.15) is 0 Å². The number of allylic oxidation sites excluding steroid dienone is 4. The second-order valence-electron chi connectivity index (χ2n) is 7.22. The van der Waals surface area contributed by atoms with E-state index in [1.165, 1.54) is 11.1 Å². The Morgan fingerprint density at radius 2 is 1.76 bits per heavy atom. The Morgan fingerprint density at radius 1 is 1.04 bits per heavy atom. The number of carbonyl (C=O) groups excluding carboxylic acids is 1. The molecule has 0 fully saturated rings. The Labute approximate surface area is 154 Å². The molecule has 0 aliphatic heterocycles. The molecule has 0 aliphatic carbocycles. The Kier molecular flexibility index (Phi) is 10.6. The van der Waals surface area contributed by atoms with Crippen LogP contribution in [0.1, 0.15) is 65.4 Å². The molecule has 138 valence electrons. The van der Waals surface area contributed by atoms with Crippen LogP contribution >= 0.6 is 0 Å². The van der Waals surface area contributed by atoms with Crippen LogP contribution in [0.25, 0.3) is 0 Å². The van der Waals surface area contributed by atoms with Crippen LogP contribution in [0.5, 0.6) is 0 Å². The second kappa shape index (κ2) is 12.5. The Bertz CT molecular complexity index is 551. The van der Waals surface area contributed by atoms with E-state index in [0.29, 0.717) is 18.9 Å². The first kappa shape index (κ1) is 21.2. The van der Waals surface area contributed by atoms with E-state index in [2.05, 4.69) is 39.8 Å². The minimum absolute atomic E-state index is 0.131. The van der Waals surface area contributed by atoms with Crippen LogP contribution in [0, 0.1) is 5.92 Å². The minimum atomic E-state index is -0.131. The van der Waals surface area contributed by atoms with Gasteiger partial charge in [-0.05, 0) is 64.4 Å². The Hall–Kier alpha value is -1.83. The van der Waals surface area contributed by atoms with Crippen LogP contribution in [0.4, 0.5) is 0 Å². The van der Waals surface area contributed by atoms with E-state index >= 15 is 0 Å². The van der Waals surface area contributed by atoms with Crippen molar-refractivity contribution in [3.05, 3.63) is 59.2 Å². The largest absolute Gasteiger partial charge is 0.465 e. The molecule has 0 spiro atoms. The Balaban J connectivity index is 2.13. The van der Waals surface area contributed by atoms with Crippen molar-refractivity contribution >= 4 is 5.97 Å². The molecule has 1 aromatic carbocycles. The maximum absolute atomic E-state index is 11.8. The summed E-state index contributed by atoms with van der Waals surface area (Å²) in [5.74, 6) is 0.444. The van der Waals surface area contributed by atoms with E-state index in [1.54, 1.807) is 0 Å². The molecule has 0 radical (unpaired) electrons. The van der Waals surface area contributed by atoms with Crippen LogP contribution in [0.3, 0.4) is 0 Å². The van der Waals surface area contributed by atoms with E-state index in [0.717, 1.165) is 37.7 Å². The molecule has 25 heavy (non-hydrogen) atoms. The zero-order chi connectivity index (χ0) is 18.5. The van der Waals surface area contributed by atoms with Crippen molar-refractivity contribution < 1.29 is 9.53 Å². The summed E-state index contributed by atoms with van der Waals surface area (Å²) < 4.78 is 5.36. The molecule has 0 amide bonds. The van der Waals surface area contributed by atoms with Gasteiger partial charge in [-0.1, -0.05) is 60.6 Å². The lowest BCUT2D eigenvalue weighted by molar-refractivity contribution is -0.143. The van der Waals surface area contributed by atoms with Crippen molar-refractivity contribution in [2.45, 2.75) is 66.2 Å². The minimum Gasteiger partial charge on any atom is -0.465 e. The van der Waals surface area contributed by atoms with E-state index in [4.69, 9.17) is 4.74 Å². The highest BCUT2D eigenvalue weighted by Gasteiger charge is 2.06. The summed E-state index contributed by atoms with van der Waals surface area (Å²) in [6.45, 7) is 9.27. The summed E-state index contributed by atoms with van der Waals surface area (Å²) in [5, 5.41) is 0. The number of esters is 1. The quantitative estimate of drug-likeness (QED) is 0.350. The highest BCUT2D eigenvalue weighted by Crippen LogP contribution is 2.14. The summed E-state index contributed by atoms with van der Waals surface area (Å²) in [4.78, 5) is 11.8. The molecule has 1 atom stereocenters. The fourth-order valence-corrected chi connectivity index (χ4v) is 2.64. The molecular weight excluding hydrogens is 308 g/mol. The zero-order valence-electron chi connectivity index (χ0n) is 16.4. The lowest BCUT2D eigenvalue weighted by atomic mass is 10.0. The van der Waals surface area contributed by atoms with Gasteiger partial charge in [-0.15, -0.1) is 0 Å². The molecule has 0 bridgehead atoms. The number of benzene rings is 1. The van der Waals surface area contributed by atoms with Crippen molar-refractivity contribution in [2.75, 3.05) is 6.61 Å². The highest BCUT2D eigenvalue weighted by molar-refractivity contribution is 5.72. The van der Waals surface area contributed by atoms with Crippen molar-refractivity contribution in [1.29, 1.82) is 0 Å². The zero-order valence-corrected chi connectivity index (χ0v) is 16.4. The molecule has 0 aliphatic rings. The average molecular weight is 343 g/mol. The summed E-state index contributed by atoms with van der Waals surface area (Å²) in [5.41, 5.74) is 3.87. The second-order valence-corrected chi connectivity index (χ2v) is 7.22. The molecule has 2 nitrogen and oxygen atoms in total. The summed E-state index contributed by atoms with van der Waals surface area (Å²) >= 11 is 0. The van der Waals surface area contributed by atoms with E-state index in [9.17, 15) is 4.79 Å². The van der Waals surface area contributed by atoms with Crippen molar-refractivity contribution in [2.24, 2.45) is 5.92 Å². The van der Waals surface area contributed by atoms with Gasteiger partial charge in [0.15, 0.2) is 0 Å². The van der Waals surface area contributed by atoms with Gasteiger partial charge in [-0.3, -0.25) is 4.79 Å². The monoisotopic (exact) mass is 342 g/mol. The topological polar surface area (TPSA) is 26.3 Å². The number of hydrogen-bond donors (Lipinski definition) is 0. The highest BCUT2D eigenvalue weighted by atomic mass is 16.5. The summed E-state index contributed by atoms with van der Waals surface area (Å²) in [6, 6.07) is 9.75. The van der Waals surface area contributed by atoms with E-state index < -0.39 is 0 Å². The number of carbonyl (C=O) groups is 1. The van der Waals surface area contributed by atoms with Crippen LogP contribution in [-0.2, 0) is 16.0 Å². The molecule has 1 rings (SSSR count). The first-order valence-electron chi connectivity index (χ1n) is 9.46. The van der Waals surface area contributed by atoms with E-state index in [-0.39, 0.29) is 5.97 Å². The third-order valence-electron chi connectivity index (χ3n) is 4.31. The van der Waals surface area contributed by atoms with Gasteiger partial charge in [0.2, 0.25) is 0 Å². The van der Waals surface area contributed by atoms with Crippen LogP contribution < -0.4 is 0 Å². The van der Waals surface area contributed by atoms with Crippen molar-refractivity contribution in [3.63, 3.8) is 0 Å². The maximum atomic E-state index is 11.8. The normalized spacial score (nSPS) is 12.6. The van der Waals surface area contributed by atoms with Gasteiger partial charge in [-0.2, -0.15) is 0 Å².